The van der Waals surface area contributed by atoms with Crippen LogP contribution in [0, 0.1) is 0 Å². The minimum atomic E-state index is 0.249. The van der Waals surface area contributed by atoms with Crippen molar-refractivity contribution < 1.29 is 0 Å². The molecule has 0 saturated heterocycles. The van der Waals surface area contributed by atoms with Crippen LogP contribution in [0.2, 0.25) is 0 Å². The smallest absolute Gasteiger partial charge is 0.0120 e. The van der Waals surface area contributed by atoms with E-state index >= 15 is 0 Å². The van der Waals surface area contributed by atoms with Crippen molar-refractivity contribution in [2.75, 3.05) is 0 Å². The maximum atomic E-state index is 6.07. The van der Waals surface area contributed by atoms with Crippen LogP contribution in [0.5, 0.6) is 0 Å². The molecule has 0 saturated carbocycles. The summed E-state index contributed by atoms with van der Waals surface area (Å²) in [7, 11) is 0. The highest BCUT2D eigenvalue weighted by Gasteiger charge is 2.05. The molecule has 0 spiro atoms. The van der Waals surface area contributed by atoms with E-state index in [2.05, 4.69) is 33.7 Å². The summed E-state index contributed by atoms with van der Waals surface area (Å²) in [6.45, 7) is 0. The molecule has 0 unspecified atom stereocenters. The summed E-state index contributed by atoms with van der Waals surface area (Å²) in [6, 6.07) is 4.55. The Morgan fingerprint density at radius 2 is 1.50 bits per heavy atom. The molecule has 0 amide bonds. The van der Waals surface area contributed by atoms with E-state index in [0.29, 0.717) is 0 Å². The highest BCUT2D eigenvalue weighted by atomic mass is 32.1. The minimum Gasteiger partial charge on any atom is -0.327 e. The van der Waals surface area contributed by atoms with Crippen LogP contribution >= 0.6 is 22.7 Å². The molecule has 2 aromatic rings. The zero-order chi connectivity index (χ0) is 9.80. The van der Waals surface area contributed by atoms with Crippen LogP contribution in [0.1, 0.15) is 11.1 Å². The van der Waals surface area contributed by atoms with E-state index < -0.39 is 0 Å². The average Bonchev–Trinajstić information content (AvgIpc) is 2.76. The summed E-state index contributed by atoms with van der Waals surface area (Å²) >= 11 is 3.47. The van der Waals surface area contributed by atoms with Gasteiger partial charge in [-0.2, -0.15) is 22.7 Å². The molecule has 2 heterocycles. The molecule has 0 atom stereocenters. The molecule has 0 aromatic carbocycles. The Morgan fingerprint density at radius 3 is 1.86 bits per heavy atom. The van der Waals surface area contributed by atoms with Gasteiger partial charge in [0.25, 0.3) is 0 Å². The lowest BCUT2D eigenvalue weighted by Crippen LogP contribution is -2.24. The molecule has 0 radical (unpaired) electrons. The van der Waals surface area contributed by atoms with E-state index in [0.717, 1.165) is 12.8 Å². The second-order valence-corrected chi connectivity index (χ2v) is 4.99. The average molecular weight is 223 g/mol. The topological polar surface area (TPSA) is 26.0 Å². The highest BCUT2D eigenvalue weighted by Crippen LogP contribution is 2.12. The fraction of sp³-hybridized carbons (Fsp3) is 0.273. The van der Waals surface area contributed by atoms with Crippen molar-refractivity contribution in [1.29, 1.82) is 0 Å². The van der Waals surface area contributed by atoms with Gasteiger partial charge < -0.3 is 5.73 Å². The highest BCUT2D eigenvalue weighted by molar-refractivity contribution is 7.08. The van der Waals surface area contributed by atoms with Crippen LogP contribution in [-0.2, 0) is 12.8 Å². The third-order valence-corrected chi connectivity index (χ3v) is 3.62. The van der Waals surface area contributed by atoms with Gasteiger partial charge in [0, 0.05) is 6.04 Å². The largest absolute Gasteiger partial charge is 0.327 e. The standard InChI is InChI=1S/C11H13NS2/c12-11(5-9-1-3-13-7-9)6-10-2-4-14-8-10/h1-4,7-8,11H,5-6,12H2. The lowest BCUT2D eigenvalue weighted by Gasteiger charge is -2.08. The fourth-order valence-corrected chi connectivity index (χ4v) is 2.86. The van der Waals surface area contributed by atoms with Crippen molar-refractivity contribution in [1.82, 2.24) is 0 Å². The third-order valence-electron chi connectivity index (χ3n) is 2.16. The Morgan fingerprint density at radius 1 is 1.00 bits per heavy atom. The molecular formula is C11H13NS2. The predicted octanol–water partition coefficient (Wildman–Crippen LogP) is 2.92. The Kier molecular flexibility index (Phi) is 3.35. The molecule has 14 heavy (non-hydrogen) atoms. The monoisotopic (exact) mass is 223 g/mol. The summed E-state index contributed by atoms with van der Waals surface area (Å²) in [5, 5.41) is 8.56. The Labute approximate surface area is 92.2 Å². The van der Waals surface area contributed by atoms with E-state index in [4.69, 9.17) is 5.73 Å². The first kappa shape index (κ1) is 9.90. The molecule has 2 N–H and O–H groups in total. The minimum absolute atomic E-state index is 0.249. The third kappa shape index (κ3) is 2.67. The lowest BCUT2D eigenvalue weighted by atomic mass is 10.0. The molecule has 2 rings (SSSR count). The van der Waals surface area contributed by atoms with Gasteiger partial charge in [-0.3, -0.25) is 0 Å². The summed E-state index contributed by atoms with van der Waals surface area (Å²) in [5.41, 5.74) is 8.78. The molecule has 0 aliphatic heterocycles. The molecule has 0 aliphatic rings. The summed E-state index contributed by atoms with van der Waals surface area (Å²) < 4.78 is 0. The SMILES string of the molecule is NC(Cc1ccsc1)Cc1ccsc1. The van der Waals surface area contributed by atoms with Crippen LogP contribution in [-0.4, -0.2) is 6.04 Å². The maximum absolute atomic E-state index is 6.07. The fourth-order valence-electron chi connectivity index (χ4n) is 1.50. The molecule has 74 valence electrons. The Balaban J connectivity index is 1.88. The van der Waals surface area contributed by atoms with Gasteiger partial charge in [0.05, 0.1) is 0 Å². The quantitative estimate of drug-likeness (QED) is 0.847. The van der Waals surface area contributed by atoms with Gasteiger partial charge >= 0.3 is 0 Å². The van der Waals surface area contributed by atoms with Crippen molar-refractivity contribution in [3.8, 4) is 0 Å². The lowest BCUT2D eigenvalue weighted by molar-refractivity contribution is 0.667. The second kappa shape index (κ2) is 4.73. The van der Waals surface area contributed by atoms with Gasteiger partial charge in [0.15, 0.2) is 0 Å². The Hall–Kier alpha value is -0.640. The van der Waals surface area contributed by atoms with Crippen molar-refractivity contribution in [2.45, 2.75) is 18.9 Å². The van der Waals surface area contributed by atoms with Crippen molar-refractivity contribution in [3.05, 3.63) is 44.8 Å². The van der Waals surface area contributed by atoms with E-state index in [1.54, 1.807) is 22.7 Å². The number of thiophene rings is 2. The number of rotatable bonds is 4. The van der Waals surface area contributed by atoms with Gasteiger partial charge in [0.2, 0.25) is 0 Å². The van der Waals surface area contributed by atoms with Gasteiger partial charge in [-0.1, -0.05) is 0 Å². The van der Waals surface area contributed by atoms with Crippen molar-refractivity contribution in [3.63, 3.8) is 0 Å². The molecular weight excluding hydrogens is 210 g/mol. The number of hydrogen-bond acceptors (Lipinski definition) is 3. The first-order valence-corrected chi connectivity index (χ1v) is 6.51. The van der Waals surface area contributed by atoms with Crippen LogP contribution in [0.3, 0.4) is 0 Å². The zero-order valence-electron chi connectivity index (χ0n) is 7.85. The predicted molar refractivity (Wildman–Crippen MR) is 64.0 cm³/mol. The number of hydrogen-bond donors (Lipinski definition) is 1. The maximum Gasteiger partial charge on any atom is 0.0120 e. The molecule has 2 aromatic heterocycles. The van der Waals surface area contributed by atoms with Crippen LogP contribution in [0.15, 0.2) is 33.7 Å². The molecule has 0 bridgehead atoms. The van der Waals surface area contributed by atoms with E-state index in [9.17, 15) is 0 Å². The first-order chi connectivity index (χ1) is 6.84. The second-order valence-electron chi connectivity index (χ2n) is 3.43. The Bertz CT molecular complexity index is 314. The summed E-state index contributed by atoms with van der Waals surface area (Å²) in [6.07, 6.45) is 1.97. The van der Waals surface area contributed by atoms with Gasteiger partial charge in [-0.25, -0.2) is 0 Å². The van der Waals surface area contributed by atoms with E-state index in [-0.39, 0.29) is 6.04 Å². The first-order valence-electron chi connectivity index (χ1n) is 4.62. The van der Waals surface area contributed by atoms with Crippen LogP contribution in [0.25, 0.3) is 0 Å². The van der Waals surface area contributed by atoms with Gasteiger partial charge in [0.1, 0.15) is 0 Å². The normalized spacial score (nSPS) is 11.0. The molecule has 0 aliphatic carbocycles. The van der Waals surface area contributed by atoms with Crippen molar-refractivity contribution in [2.24, 2.45) is 5.73 Å². The van der Waals surface area contributed by atoms with Crippen LogP contribution < -0.4 is 5.73 Å². The zero-order valence-corrected chi connectivity index (χ0v) is 9.48. The summed E-state index contributed by atoms with van der Waals surface area (Å²) in [5.74, 6) is 0. The van der Waals surface area contributed by atoms with Crippen LogP contribution in [0.4, 0.5) is 0 Å². The van der Waals surface area contributed by atoms with E-state index in [1.165, 1.54) is 11.1 Å². The summed E-state index contributed by atoms with van der Waals surface area (Å²) in [4.78, 5) is 0. The van der Waals surface area contributed by atoms with Crippen molar-refractivity contribution >= 4 is 22.7 Å². The molecule has 0 fully saturated rings. The van der Waals surface area contributed by atoms with E-state index in [1.807, 2.05) is 0 Å². The molecule has 3 heteroatoms. The number of nitrogens with two attached hydrogens (primary N) is 1. The van der Waals surface area contributed by atoms with Gasteiger partial charge in [-0.15, -0.1) is 0 Å². The van der Waals surface area contributed by atoms with Gasteiger partial charge in [-0.05, 0) is 57.6 Å². The molecule has 1 nitrogen and oxygen atoms in total.